The zero-order valence-corrected chi connectivity index (χ0v) is 10.2. The van der Waals surface area contributed by atoms with E-state index < -0.39 is 0 Å². The van der Waals surface area contributed by atoms with Crippen LogP contribution in [0.5, 0.6) is 0 Å². The van der Waals surface area contributed by atoms with Gasteiger partial charge < -0.3 is 11.5 Å². The van der Waals surface area contributed by atoms with Crippen LogP contribution in [0, 0.1) is 12.7 Å². The summed E-state index contributed by atoms with van der Waals surface area (Å²) in [5.41, 5.74) is 15.1. The van der Waals surface area contributed by atoms with E-state index in [0.717, 1.165) is 16.7 Å². The molecule has 1 aromatic heterocycles. The van der Waals surface area contributed by atoms with Crippen molar-refractivity contribution < 1.29 is 4.39 Å². The zero-order chi connectivity index (χ0) is 13.1. The molecule has 0 aliphatic carbocycles. The Morgan fingerprint density at radius 3 is 2.78 bits per heavy atom. The average Bonchev–Trinajstić information content (AvgIpc) is 2.31. The normalized spacial score (nSPS) is 12.4. The standard InChI is InChI=1S/C14H16FN3/c1-9-4-10(6-12(15)5-9)14(17)7-11-8-18-3-2-13(11)16/h2-6,8,14H,7,17H2,1H3,(H2,16,18). The van der Waals surface area contributed by atoms with Gasteiger partial charge in [0, 0.05) is 24.1 Å². The Balaban J connectivity index is 2.22. The Kier molecular flexibility index (Phi) is 3.58. The first-order valence-electron chi connectivity index (χ1n) is 5.77. The van der Waals surface area contributed by atoms with Crippen molar-refractivity contribution in [3.05, 3.63) is 59.2 Å². The molecule has 4 heteroatoms. The van der Waals surface area contributed by atoms with Crippen molar-refractivity contribution in [2.45, 2.75) is 19.4 Å². The lowest BCUT2D eigenvalue weighted by molar-refractivity contribution is 0.617. The highest BCUT2D eigenvalue weighted by molar-refractivity contribution is 5.45. The van der Waals surface area contributed by atoms with Crippen LogP contribution in [0.4, 0.5) is 10.1 Å². The van der Waals surface area contributed by atoms with E-state index in [-0.39, 0.29) is 11.9 Å². The van der Waals surface area contributed by atoms with Crippen LogP contribution in [-0.4, -0.2) is 4.98 Å². The molecule has 0 amide bonds. The molecule has 1 atom stereocenters. The lowest BCUT2D eigenvalue weighted by Crippen LogP contribution is -2.15. The third kappa shape index (κ3) is 2.84. The minimum absolute atomic E-state index is 0.264. The quantitative estimate of drug-likeness (QED) is 0.872. The third-order valence-corrected chi connectivity index (χ3v) is 2.87. The van der Waals surface area contributed by atoms with Crippen molar-refractivity contribution in [1.29, 1.82) is 0 Å². The number of nitrogens with two attached hydrogens (primary N) is 2. The predicted molar refractivity (Wildman–Crippen MR) is 70.4 cm³/mol. The smallest absolute Gasteiger partial charge is 0.123 e. The molecule has 1 heterocycles. The van der Waals surface area contributed by atoms with Gasteiger partial charge in [0.15, 0.2) is 0 Å². The van der Waals surface area contributed by atoms with Gasteiger partial charge in [-0.25, -0.2) is 4.39 Å². The van der Waals surface area contributed by atoms with Crippen LogP contribution in [0.25, 0.3) is 0 Å². The molecule has 0 spiro atoms. The molecule has 0 aliphatic heterocycles. The summed E-state index contributed by atoms with van der Waals surface area (Å²) in [6, 6.07) is 6.28. The van der Waals surface area contributed by atoms with Crippen molar-refractivity contribution in [1.82, 2.24) is 4.98 Å². The fraction of sp³-hybridized carbons (Fsp3) is 0.214. The highest BCUT2D eigenvalue weighted by Gasteiger charge is 2.10. The maximum Gasteiger partial charge on any atom is 0.123 e. The fourth-order valence-corrected chi connectivity index (χ4v) is 1.94. The second kappa shape index (κ2) is 5.14. The second-order valence-electron chi connectivity index (χ2n) is 4.45. The van der Waals surface area contributed by atoms with Gasteiger partial charge in [0.05, 0.1) is 0 Å². The van der Waals surface area contributed by atoms with E-state index in [1.807, 2.05) is 13.0 Å². The molecule has 3 nitrogen and oxygen atoms in total. The summed E-state index contributed by atoms with van der Waals surface area (Å²) >= 11 is 0. The van der Waals surface area contributed by atoms with Gasteiger partial charge in [0.1, 0.15) is 5.82 Å². The first-order valence-corrected chi connectivity index (χ1v) is 5.77. The number of halogens is 1. The zero-order valence-electron chi connectivity index (χ0n) is 10.2. The Morgan fingerprint density at radius 2 is 2.11 bits per heavy atom. The van der Waals surface area contributed by atoms with Crippen molar-refractivity contribution in [2.24, 2.45) is 5.73 Å². The number of rotatable bonds is 3. The molecule has 1 unspecified atom stereocenters. The number of hydrogen-bond donors (Lipinski definition) is 2. The molecule has 2 rings (SSSR count). The van der Waals surface area contributed by atoms with Crippen molar-refractivity contribution >= 4 is 5.69 Å². The van der Waals surface area contributed by atoms with Gasteiger partial charge in [-0.05, 0) is 48.2 Å². The van der Waals surface area contributed by atoms with E-state index in [0.29, 0.717) is 12.1 Å². The van der Waals surface area contributed by atoms with E-state index in [1.165, 1.54) is 12.1 Å². The first-order chi connectivity index (χ1) is 8.56. The lowest BCUT2D eigenvalue weighted by Gasteiger charge is -2.14. The van der Waals surface area contributed by atoms with Gasteiger partial charge in [-0.15, -0.1) is 0 Å². The van der Waals surface area contributed by atoms with Gasteiger partial charge >= 0.3 is 0 Å². The number of pyridine rings is 1. The van der Waals surface area contributed by atoms with Crippen LogP contribution in [-0.2, 0) is 6.42 Å². The fourth-order valence-electron chi connectivity index (χ4n) is 1.94. The molecular formula is C14H16FN3. The lowest BCUT2D eigenvalue weighted by atomic mass is 9.98. The number of nitrogens with zero attached hydrogens (tertiary/aromatic N) is 1. The maximum atomic E-state index is 13.3. The summed E-state index contributed by atoms with van der Waals surface area (Å²) < 4.78 is 13.3. The van der Waals surface area contributed by atoms with E-state index in [1.54, 1.807) is 18.5 Å². The van der Waals surface area contributed by atoms with Crippen LogP contribution >= 0.6 is 0 Å². The molecule has 0 saturated carbocycles. The summed E-state index contributed by atoms with van der Waals surface area (Å²) in [4.78, 5) is 4.02. The van der Waals surface area contributed by atoms with Crippen LogP contribution in [0.3, 0.4) is 0 Å². The summed E-state index contributed by atoms with van der Waals surface area (Å²) in [6.07, 6.45) is 3.88. The maximum absolute atomic E-state index is 13.3. The summed E-state index contributed by atoms with van der Waals surface area (Å²) in [5.74, 6) is -0.264. The SMILES string of the molecule is Cc1cc(F)cc(C(N)Cc2cnccc2N)c1. The number of hydrogen-bond acceptors (Lipinski definition) is 3. The van der Waals surface area contributed by atoms with E-state index in [2.05, 4.69) is 4.98 Å². The highest BCUT2D eigenvalue weighted by atomic mass is 19.1. The molecule has 18 heavy (non-hydrogen) atoms. The predicted octanol–water partition coefficient (Wildman–Crippen LogP) is 2.35. The number of aryl methyl sites for hydroxylation is 1. The van der Waals surface area contributed by atoms with Crippen molar-refractivity contribution in [3.63, 3.8) is 0 Å². The van der Waals surface area contributed by atoms with Gasteiger partial charge in [0.2, 0.25) is 0 Å². The highest BCUT2D eigenvalue weighted by Crippen LogP contribution is 2.21. The van der Waals surface area contributed by atoms with Gasteiger partial charge in [-0.3, -0.25) is 4.98 Å². The van der Waals surface area contributed by atoms with Gasteiger partial charge in [0.25, 0.3) is 0 Å². The Labute approximate surface area is 106 Å². The monoisotopic (exact) mass is 245 g/mol. The Hall–Kier alpha value is -1.94. The van der Waals surface area contributed by atoms with Crippen LogP contribution in [0.1, 0.15) is 22.7 Å². The van der Waals surface area contributed by atoms with Crippen molar-refractivity contribution in [2.75, 3.05) is 5.73 Å². The Morgan fingerprint density at radius 1 is 1.33 bits per heavy atom. The molecule has 0 aliphatic rings. The average molecular weight is 245 g/mol. The molecular weight excluding hydrogens is 229 g/mol. The molecule has 1 aromatic carbocycles. The molecule has 4 N–H and O–H groups in total. The molecule has 0 saturated heterocycles. The number of nitrogen functional groups attached to an aromatic ring is 1. The largest absolute Gasteiger partial charge is 0.398 e. The Bertz CT molecular complexity index is 534. The van der Waals surface area contributed by atoms with Crippen LogP contribution in [0.2, 0.25) is 0 Å². The van der Waals surface area contributed by atoms with Crippen LogP contribution in [0.15, 0.2) is 36.7 Å². The number of anilines is 1. The number of benzene rings is 1. The van der Waals surface area contributed by atoms with E-state index >= 15 is 0 Å². The third-order valence-electron chi connectivity index (χ3n) is 2.87. The summed E-state index contributed by atoms with van der Waals surface area (Å²) in [7, 11) is 0. The topological polar surface area (TPSA) is 64.9 Å². The molecule has 0 bridgehead atoms. The minimum Gasteiger partial charge on any atom is -0.398 e. The molecule has 2 aromatic rings. The van der Waals surface area contributed by atoms with Crippen molar-refractivity contribution in [3.8, 4) is 0 Å². The van der Waals surface area contributed by atoms with E-state index in [9.17, 15) is 4.39 Å². The molecule has 0 fully saturated rings. The summed E-state index contributed by atoms with van der Waals surface area (Å²) in [5, 5.41) is 0. The minimum atomic E-state index is -0.286. The van der Waals surface area contributed by atoms with Gasteiger partial charge in [-0.2, -0.15) is 0 Å². The molecule has 94 valence electrons. The molecule has 0 radical (unpaired) electrons. The second-order valence-corrected chi connectivity index (χ2v) is 4.45. The first kappa shape index (κ1) is 12.5. The van der Waals surface area contributed by atoms with Gasteiger partial charge in [-0.1, -0.05) is 6.07 Å². The van der Waals surface area contributed by atoms with Crippen LogP contribution < -0.4 is 11.5 Å². The van der Waals surface area contributed by atoms with E-state index in [4.69, 9.17) is 11.5 Å². The summed E-state index contributed by atoms with van der Waals surface area (Å²) in [6.45, 7) is 1.84. The number of aromatic nitrogens is 1.